The first kappa shape index (κ1) is 15.3. The predicted octanol–water partition coefficient (Wildman–Crippen LogP) is 2.93. The maximum atomic E-state index is 12.1. The first-order valence-corrected chi connectivity index (χ1v) is 8.21. The summed E-state index contributed by atoms with van der Waals surface area (Å²) in [4.78, 5) is 13.9. The maximum absolute atomic E-state index is 12.1. The third kappa shape index (κ3) is 3.43. The van der Waals surface area contributed by atoms with Crippen LogP contribution in [0, 0.1) is 0 Å². The number of nitrogens with one attached hydrogen (secondary N) is 1. The van der Waals surface area contributed by atoms with Gasteiger partial charge in [0.15, 0.2) is 0 Å². The van der Waals surface area contributed by atoms with E-state index in [9.17, 15) is 4.79 Å². The molecule has 1 heterocycles. The van der Waals surface area contributed by atoms with Gasteiger partial charge in [-0.25, -0.2) is 4.79 Å². The van der Waals surface area contributed by atoms with Gasteiger partial charge in [0.05, 0.1) is 0 Å². The van der Waals surface area contributed by atoms with Crippen molar-refractivity contribution in [2.75, 3.05) is 19.6 Å². The number of likely N-dealkylation sites (tertiary alicyclic amines) is 1. The summed E-state index contributed by atoms with van der Waals surface area (Å²) in [5.74, 6) is 0.631. The maximum Gasteiger partial charge on any atom is 0.410 e. The number of nitrogens with zero attached hydrogens (tertiary/aromatic N) is 1. The first-order chi connectivity index (χ1) is 10.4. The molecule has 1 saturated heterocycles. The highest BCUT2D eigenvalue weighted by Crippen LogP contribution is 2.34. The lowest BCUT2D eigenvalue weighted by molar-refractivity contribution is 0.0291. The Morgan fingerprint density at radius 1 is 1.36 bits per heavy atom. The molecule has 3 rings (SSSR count). The lowest BCUT2D eigenvalue weighted by Gasteiger charge is -2.31. The molecule has 4 heteroatoms. The third-order valence-corrected chi connectivity index (χ3v) is 4.45. The van der Waals surface area contributed by atoms with Crippen molar-refractivity contribution in [2.24, 2.45) is 0 Å². The predicted molar refractivity (Wildman–Crippen MR) is 87.1 cm³/mol. The van der Waals surface area contributed by atoms with E-state index in [1.807, 2.05) is 25.7 Å². The van der Waals surface area contributed by atoms with Crippen LogP contribution >= 0.6 is 0 Å². The lowest BCUT2D eigenvalue weighted by atomic mass is 9.77. The zero-order chi connectivity index (χ0) is 15.7. The molecule has 2 aliphatic rings. The van der Waals surface area contributed by atoms with Crippen LogP contribution in [0.3, 0.4) is 0 Å². The molecule has 1 aromatic carbocycles. The summed E-state index contributed by atoms with van der Waals surface area (Å²) >= 11 is 0. The topological polar surface area (TPSA) is 41.6 Å². The normalized spacial score (nSPS) is 23.9. The second-order valence-corrected chi connectivity index (χ2v) is 7.42. The van der Waals surface area contributed by atoms with Gasteiger partial charge in [-0.3, -0.25) is 0 Å². The molecule has 1 N–H and O–H groups in total. The van der Waals surface area contributed by atoms with Crippen LogP contribution in [0.15, 0.2) is 24.3 Å². The van der Waals surface area contributed by atoms with E-state index in [0.29, 0.717) is 12.0 Å². The van der Waals surface area contributed by atoms with Gasteiger partial charge in [-0.15, -0.1) is 0 Å². The molecular formula is C18H26N2O2. The highest BCUT2D eigenvalue weighted by atomic mass is 16.6. The van der Waals surface area contributed by atoms with E-state index in [-0.39, 0.29) is 6.09 Å². The molecule has 1 amide bonds. The Bertz CT molecular complexity index is 550. The SMILES string of the molecule is CC(C)(C)OC(=O)N1CCC(NCC2Cc3ccccc32)C1. The molecule has 1 aliphatic heterocycles. The molecule has 4 nitrogen and oxygen atoms in total. The molecule has 2 unspecified atom stereocenters. The highest BCUT2D eigenvalue weighted by Gasteiger charge is 2.31. The van der Waals surface area contributed by atoms with Gasteiger partial charge in [-0.05, 0) is 44.7 Å². The number of ether oxygens (including phenoxy) is 1. The van der Waals surface area contributed by atoms with Gasteiger partial charge in [0.1, 0.15) is 5.60 Å². The molecule has 1 aromatic rings. The van der Waals surface area contributed by atoms with E-state index < -0.39 is 5.60 Å². The van der Waals surface area contributed by atoms with Crippen LogP contribution < -0.4 is 5.32 Å². The summed E-state index contributed by atoms with van der Waals surface area (Å²) in [6.07, 6.45) is 1.99. The Morgan fingerprint density at radius 3 is 2.86 bits per heavy atom. The van der Waals surface area contributed by atoms with Gasteiger partial charge in [0, 0.05) is 31.6 Å². The van der Waals surface area contributed by atoms with Crippen molar-refractivity contribution in [3.63, 3.8) is 0 Å². The van der Waals surface area contributed by atoms with Crippen LogP contribution in [0.25, 0.3) is 0 Å². The van der Waals surface area contributed by atoms with Crippen molar-refractivity contribution >= 4 is 6.09 Å². The average molecular weight is 302 g/mol. The van der Waals surface area contributed by atoms with Gasteiger partial charge in [0.25, 0.3) is 0 Å². The van der Waals surface area contributed by atoms with Crippen molar-refractivity contribution in [1.29, 1.82) is 0 Å². The Kier molecular flexibility index (Phi) is 4.13. The Balaban J connectivity index is 1.44. The molecule has 0 aromatic heterocycles. The van der Waals surface area contributed by atoms with Gasteiger partial charge in [-0.2, -0.15) is 0 Å². The van der Waals surface area contributed by atoms with Gasteiger partial charge in [0.2, 0.25) is 0 Å². The van der Waals surface area contributed by atoms with Crippen LogP contribution in [-0.2, 0) is 11.2 Å². The fraction of sp³-hybridized carbons (Fsp3) is 0.611. The molecule has 0 bridgehead atoms. The summed E-state index contributed by atoms with van der Waals surface area (Å²) in [6, 6.07) is 9.06. The molecule has 1 aliphatic carbocycles. The molecule has 0 saturated carbocycles. The van der Waals surface area contributed by atoms with E-state index in [0.717, 1.165) is 26.1 Å². The molecule has 2 atom stereocenters. The van der Waals surface area contributed by atoms with E-state index in [1.54, 1.807) is 0 Å². The summed E-state index contributed by atoms with van der Waals surface area (Å²) in [5.41, 5.74) is 2.55. The molecular weight excluding hydrogens is 276 g/mol. The van der Waals surface area contributed by atoms with Crippen molar-refractivity contribution in [1.82, 2.24) is 10.2 Å². The van der Waals surface area contributed by atoms with Gasteiger partial charge in [-0.1, -0.05) is 24.3 Å². The second kappa shape index (κ2) is 5.92. The minimum absolute atomic E-state index is 0.189. The second-order valence-electron chi connectivity index (χ2n) is 7.42. The number of benzene rings is 1. The number of hydrogen-bond acceptors (Lipinski definition) is 3. The minimum atomic E-state index is -0.418. The Hall–Kier alpha value is -1.55. The van der Waals surface area contributed by atoms with E-state index in [4.69, 9.17) is 4.74 Å². The van der Waals surface area contributed by atoms with Crippen molar-refractivity contribution in [3.8, 4) is 0 Å². The first-order valence-electron chi connectivity index (χ1n) is 8.21. The Labute approximate surface area is 132 Å². The fourth-order valence-corrected chi connectivity index (χ4v) is 3.27. The van der Waals surface area contributed by atoms with Crippen molar-refractivity contribution in [3.05, 3.63) is 35.4 Å². The van der Waals surface area contributed by atoms with Crippen LogP contribution in [0.2, 0.25) is 0 Å². The molecule has 22 heavy (non-hydrogen) atoms. The summed E-state index contributed by atoms with van der Waals surface area (Å²) in [5, 5.41) is 3.62. The van der Waals surface area contributed by atoms with Crippen LogP contribution in [0.1, 0.15) is 44.2 Å². The number of carbonyl (C=O) groups is 1. The van der Waals surface area contributed by atoms with Gasteiger partial charge >= 0.3 is 6.09 Å². The number of fused-ring (bicyclic) bond motifs is 1. The molecule has 0 spiro atoms. The smallest absolute Gasteiger partial charge is 0.410 e. The third-order valence-electron chi connectivity index (χ3n) is 4.45. The monoisotopic (exact) mass is 302 g/mol. The number of amides is 1. The number of carbonyl (C=O) groups excluding carboxylic acids is 1. The van der Waals surface area contributed by atoms with Crippen LogP contribution in [0.5, 0.6) is 0 Å². The van der Waals surface area contributed by atoms with E-state index >= 15 is 0 Å². The lowest BCUT2D eigenvalue weighted by Crippen LogP contribution is -2.40. The molecule has 1 fully saturated rings. The highest BCUT2D eigenvalue weighted by molar-refractivity contribution is 5.68. The fourth-order valence-electron chi connectivity index (χ4n) is 3.27. The number of hydrogen-bond donors (Lipinski definition) is 1. The molecule has 0 radical (unpaired) electrons. The van der Waals surface area contributed by atoms with E-state index in [1.165, 1.54) is 17.5 Å². The van der Waals surface area contributed by atoms with Crippen LogP contribution in [-0.4, -0.2) is 42.3 Å². The average Bonchev–Trinajstić information content (AvgIpc) is 2.87. The standard InChI is InChI=1S/C18H26N2O2/c1-18(2,3)22-17(21)20-9-8-15(12-20)19-11-14-10-13-6-4-5-7-16(13)14/h4-7,14-15,19H,8-12H2,1-3H3. The minimum Gasteiger partial charge on any atom is -0.444 e. The van der Waals surface area contributed by atoms with Gasteiger partial charge < -0.3 is 15.0 Å². The van der Waals surface area contributed by atoms with Crippen LogP contribution in [0.4, 0.5) is 4.79 Å². The zero-order valence-electron chi connectivity index (χ0n) is 13.8. The van der Waals surface area contributed by atoms with Crippen molar-refractivity contribution < 1.29 is 9.53 Å². The largest absolute Gasteiger partial charge is 0.444 e. The number of rotatable bonds is 3. The summed E-state index contributed by atoms with van der Waals surface area (Å²) in [7, 11) is 0. The molecule has 120 valence electrons. The summed E-state index contributed by atoms with van der Waals surface area (Å²) in [6.45, 7) is 8.27. The quantitative estimate of drug-likeness (QED) is 0.933. The van der Waals surface area contributed by atoms with Crippen molar-refractivity contribution in [2.45, 2.75) is 51.2 Å². The zero-order valence-corrected chi connectivity index (χ0v) is 13.8. The summed E-state index contributed by atoms with van der Waals surface area (Å²) < 4.78 is 5.43. The van der Waals surface area contributed by atoms with E-state index in [2.05, 4.69) is 29.6 Å². The Morgan fingerprint density at radius 2 is 2.14 bits per heavy atom.